The van der Waals surface area contributed by atoms with Gasteiger partial charge < -0.3 is 21.1 Å². The van der Waals surface area contributed by atoms with E-state index in [1.807, 2.05) is 68.6 Å². The van der Waals surface area contributed by atoms with Crippen molar-refractivity contribution in [3.8, 4) is 0 Å². The number of amides is 3. The molecule has 248 valence electrons. The molecule has 0 spiro atoms. The first kappa shape index (κ1) is 35.5. The zero-order valence-corrected chi connectivity index (χ0v) is 27.1. The number of aliphatic hydroxyl groups excluding tert-OH is 1. The Morgan fingerprint density at radius 1 is 0.787 bits per heavy atom. The second kappa shape index (κ2) is 15.5. The van der Waals surface area contributed by atoms with Crippen molar-refractivity contribution < 1.29 is 32.7 Å². The van der Waals surface area contributed by atoms with Crippen LogP contribution >= 0.6 is 11.8 Å². The minimum atomic E-state index is -5.20. The van der Waals surface area contributed by atoms with Crippen molar-refractivity contribution in [1.29, 1.82) is 0 Å². The molecule has 3 amide bonds. The smallest absolute Gasteiger partial charge is 0.391 e. The zero-order valence-electron chi connectivity index (χ0n) is 26.3. The van der Waals surface area contributed by atoms with Gasteiger partial charge >= 0.3 is 12.1 Å². The van der Waals surface area contributed by atoms with E-state index in [2.05, 4.69) is 10.6 Å². The van der Waals surface area contributed by atoms with Crippen molar-refractivity contribution in [1.82, 2.24) is 16.0 Å². The first-order chi connectivity index (χ1) is 22.2. The Kier molecular flexibility index (Phi) is 11.7. The normalized spacial score (nSPS) is 13.8. The first-order valence-electron chi connectivity index (χ1n) is 15.1. The van der Waals surface area contributed by atoms with Crippen LogP contribution < -0.4 is 16.0 Å². The maximum Gasteiger partial charge on any atom is 0.471 e. The molecule has 7 nitrogen and oxygen atoms in total. The lowest BCUT2D eigenvalue weighted by Crippen LogP contribution is -2.56. The minimum Gasteiger partial charge on any atom is -0.391 e. The predicted molar refractivity (Wildman–Crippen MR) is 178 cm³/mol. The van der Waals surface area contributed by atoms with Crippen LogP contribution in [0.1, 0.15) is 42.3 Å². The Bertz CT molecular complexity index is 1690. The Balaban J connectivity index is 1.58. The highest BCUT2D eigenvalue weighted by atomic mass is 32.2. The SMILES string of the molecule is CC(C)(C)NC(=O)c1ccccc1C[C@@H](O)[C@H](Cc1ccccc1)NC(=O)[C@@H](CSc1ccc2ccccc2c1)NC(=O)C(F)(F)F. The molecule has 0 unspecified atom stereocenters. The summed E-state index contributed by atoms with van der Waals surface area (Å²) in [6, 6.07) is 26.3. The van der Waals surface area contributed by atoms with Crippen LogP contribution in [0.5, 0.6) is 0 Å². The van der Waals surface area contributed by atoms with Crippen molar-refractivity contribution in [2.45, 2.75) is 68.4 Å². The average Bonchev–Trinajstić information content (AvgIpc) is 3.01. The van der Waals surface area contributed by atoms with Gasteiger partial charge in [-0.1, -0.05) is 78.9 Å². The fraction of sp³-hybridized carbons (Fsp3) is 0.306. The van der Waals surface area contributed by atoms with E-state index in [1.54, 1.807) is 54.6 Å². The monoisotopic (exact) mass is 665 g/mol. The molecule has 4 aromatic carbocycles. The lowest BCUT2D eigenvalue weighted by atomic mass is 9.93. The number of thioether (sulfide) groups is 1. The molecule has 11 heteroatoms. The number of rotatable bonds is 12. The summed E-state index contributed by atoms with van der Waals surface area (Å²) < 4.78 is 39.9. The number of benzene rings is 4. The standard InChI is InChI=1S/C36H38F3N3O4S/c1-35(2,3)42-32(44)28-16-10-9-15-26(28)21-31(43)29(19-23-11-5-4-6-12-23)40-33(45)30(41-34(46)36(37,38)39)22-47-27-18-17-24-13-7-8-14-25(24)20-27/h4-18,20,29-31,43H,19,21-22H2,1-3H3,(H,40,45)(H,41,46)(H,42,44)/t29-,30+,31+/m0/s1. The molecule has 0 aromatic heterocycles. The number of hydrogen-bond acceptors (Lipinski definition) is 5. The van der Waals surface area contributed by atoms with Crippen LogP contribution in [0.15, 0.2) is 102 Å². The topological polar surface area (TPSA) is 108 Å². The molecule has 4 N–H and O–H groups in total. The molecule has 0 fully saturated rings. The highest BCUT2D eigenvalue weighted by molar-refractivity contribution is 7.99. The van der Waals surface area contributed by atoms with Gasteiger partial charge in [0.1, 0.15) is 6.04 Å². The van der Waals surface area contributed by atoms with Gasteiger partial charge in [0.2, 0.25) is 5.91 Å². The molecule has 0 radical (unpaired) electrons. The van der Waals surface area contributed by atoms with Crippen LogP contribution in [-0.4, -0.2) is 58.5 Å². The number of alkyl halides is 3. The van der Waals surface area contributed by atoms with Crippen LogP contribution in [-0.2, 0) is 22.4 Å². The first-order valence-corrected chi connectivity index (χ1v) is 16.1. The van der Waals surface area contributed by atoms with E-state index in [9.17, 15) is 32.7 Å². The van der Waals surface area contributed by atoms with Gasteiger partial charge in [-0.3, -0.25) is 14.4 Å². The molecule has 4 rings (SSSR count). The highest BCUT2D eigenvalue weighted by Gasteiger charge is 2.41. The summed E-state index contributed by atoms with van der Waals surface area (Å²) in [7, 11) is 0. The highest BCUT2D eigenvalue weighted by Crippen LogP contribution is 2.25. The molecule has 4 aromatic rings. The summed E-state index contributed by atoms with van der Waals surface area (Å²) in [5.74, 6) is -3.65. The molecule has 0 bridgehead atoms. The Morgan fingerprint density at radius 2 is 1.43 bits per heavy atom. The quantitative estimate of drug-likeness (QED) is 0.142. The number of nitrogens with one attached hydrogen (secondary N) is 3. The summed E-state index contributed by atoms with van der Waals surface area (Å²) in [5.41, 5.74) is 1.14. The molecule has 0 aliphatic carbocycles. The van der Waals surface area contributed by atoms with E-state index in [0.717, 1.165) is 28.1 Å². The molecule has 47 heavy (non-hydrogen) atoms. The van der Waals surface area contributed by atoms with Crippen LogP contribution in [0, 0.1) is 0 Å². The fourth-order valence-corrected chi connectivity index (χ4v) is 5.96. The van der Waals surface area contributed by atoms with Gasteiger partial charge in [-0.05, 0) is 67.3 Å². The largest absolute Gasteiger partial charge is 0.471 e. The van der Waals surface area contributed by atoms with Gasteiger partial charge in [0.15, 0.2) is 0 Å². The summed E-state index contributed by atoms with van der Waals surface area (Å²) >= 11 is 1.13. The van der Waals surface area contributed by atoms with Crippen molar-refractivity contribution in [2.75, 3.05) is 5.75 Å². The van der Waals surface area contributed by atoms with Crippen molar-refractivity contribution in [2.24, 2.45) is 0 Å². The van der Waals surface area contributed by atoms with Gasteiger partial charge in [0.25, 0.3) is 5.91 Å². The average molecular weight is 666 g/mol. The Morgan fingerprint density at radius 3 is 2.11 bits per heavy atom. The lowest BCUT2D eigenvalue weighted by Gasteiger charge is -2.28. The van der Waals surface area contributed by atoms with E-state index >= 15 is 0 Å². The summed E-state index contributed by atoms with van der Waals surface area (Å²) in [4.78, 5) is 39.4. The minimum absolute atomic E-state index is 0.0308. The lowest BCUT2D eigenvalue weighted by molar-refractivity contribution is -0.174. The van der Waals surface area contributed by atoms with E-state index < -0.39 is 41.7 Å². The number of halogens is 3. The summed E-state index contributed by atoms with van der Waals surface area (Å²) in [6.07, 6.45) is -6.33. The second-order valence-electron chi connectivity index (χ2n) is 12.3. The fourth-order valence-electron chi connectivity index (χ4n) is 4.99. The van der Waals surface area contributed by atoms with E-state index in [-0.39, 0.29) is 24.5 Å². The molecule has 0 saturated heterocycles. The molecule has 0 aliphatic rings. The second-order valence-corrected chi connectivity index (χ2v) is 13.4. The van der Waals surface area contributed by atoms with Crippen molar-refractivity contribution in [3.05, 3.63) is 114 Å². The third-order valence-corrected chi connectivity index (χ3v) is 8.37. The molecular weight excluding hydrogens is 627 g/mol. The van der Waals surface area contributed by atoms with Crippen molar-refractivity contribution in [3.63, 3.8) is 0 Å². The van der Waals surface area contributed by atoms with Crippen LogP contribution in [0.4, 0.5) is 13.2 Å². The summed E-state index contributed by atoms with van der Waals surface area (Å²) in [5, 5.41) is 20.8. The molecule has 3 atom stereocenters. The number of hydrogen-bond donors (Lipinski definition) is 4. The van der Waals surface area contributed by atoms with E-state index in [1.165, 1.54) is 0 Å². The van der Waals surface area contributed by atoms with Gasteiger partial charge in [-0.2, -0.15) is 13.2 Å². The predicted octanol–water partition coefficient (Wildman–Crippen LogP) is 5.84. The van der Waals surface area contributed by atoms with Gasteiger partial charge in [-0.25, -0.2) is 0 Å². The number of aliphatic hydroxyl groups is 1. The van der Waals surface area contributed by atoms with Crippen LogP contribution in [0.3, 0.4) is 0 Å². The Hall–Kier alpha value is -4.35. The molecule has 0 saturated carbocycles. The third kappa shape index (κ3) is 10.6. The maximum atomic E-state index is 13.6. The van der Waals surface area contributed by atoms with Gasteiger partial charge in [-0.15, -0.1) is 11.8 Å². The number of carbonyl (C=O) groups is 3. The molecular formula is C36H38F3N3O4S. The number of carbonyl (C=O) groups excluding carboxylic acids is 3. The summed E-state index contributed by atoms with van der Waals surface area (Å²) in [6.45, 7) is 5.54. The maximum absolute atomic E-state index is 13.6. The zero-order chi connectivity index (χ0) is 34.2. The van der Waals surface area contributed by atoms with Crippen LogP contribution in [0.2, 0.25) is 0 Å². The molecule has 0 heterocycles. The van der Waals surface area contributed by atoms with E-state index in [0.29, 0.717) is 16.0 Å². The Labute approximate surface area is 276 Å². The molecule has 0 aliphatic heterocycles. The van der Waals surface area contributed by atoms with Crippen LogP contribution in [0.25, 0.3) is 10.8 Å². The van der Waals surface area contributed by atoms with Crippen molar-refractivity contribution >= 4 is 40.3 Å². The number of fused-ring (bicyclic) bond motifs is 1. The van der Waals surface area contributed by atoms with Gasteiger partial charge in [0.05, 0.1) is 12.1 Å². The van der Waals surface area contributed by atoms with E-state index in [4.69, 9.17) is 0 Å². The van der Waals surface area contributed by atoms with Gasteiger partial charge in [0, 0.05) is 28.2 Å². The third-order valence-electron chi connectivity index (χ3n) is 7.29.